The van der Waals surface area contributed by atoms with Crippen molar-refractivity contribution in [3.8, 4) is 0 Å². The standard InChI is InChI=1S/C12H20N2O3/c1-11(2,3)9-6-8(14(5)13-9)7-12(4,17)10(15)16/h6,17H,7H2,1-5H3,(H,15,16). The van der Waals surface area contributed by atoms with Gasteiger partial charge >= 0.3 is 5.97 Å². The van der Waals surface area contributed by atoms with Gasteiger partial charge in [0.2, 0.25) is 0 Å². The summed E-state index contributed by atoms with van der Waals surface area (Å²) in [6.45, 7) is 7.40. The largest absolute Gasteiger partial charge is 0.479 e. The van der Waals surface area contributed by atoms with Gasteiger partial charge in [-0.25, -0.2) is 4.79 Å². The van der Waals surface area contributed by atoms with Crippen LogP contribution < -0.4 is 0 Å². The first kappa shape index (κ1) is 13.7. The van der Waals surface area contributed by atoms with Crippen molar-refractivity contribution in [2.75, 3.05) is 0 Å². The maximum Gasteiger partial charge on any atom is 0.335 e. The molecule has 1 heterocycles. The van der Waals surface area contributed by atoms with Gasteiger partial charge in [0.05, 0.1) is 5.69 Å². The molecule has 5 heteroatoms. The number of hydrogen-bond donors (Lipinski definition) is 2. The lowest BCUT2D eigenvalue weighted by Gasteiger charge is -2.17. The first-order valence-electron chi connectivity index (χ1n) is 5.53. The first-order valence-corrected chi connectivity index (χ1v) is 5.53. The van der Waals surface area contributed by atoms with Crippen LogP contribution in [-0.4, -0.2) is 31.6 Å². The van der Waals surface area contributed by atoms with Crippen LogP contribution >= 0.6 is 0 Å². The molecule has 5 nitrogen and oxygen atoms in total. The minimum absolute atomic E-state index is 0.0436. The van der Waals surface area contributed by atoms with Gasteiger partial charge in [-0.15, -0.1) is 0 Å². The molecule has 1 aromatic rings. The van der Waals surface area contributed by atoms with E-state index >= 15 is 0 Å². The maximum absolute atomic E-state index is 10.9. The second-order valence-corrected chi connectivity index (χ2v) is 5.65. The summed E-state index contributed by atoms with van der Waals surface area (Å²) in [6.07, 6.45) is 0.0436. The minimum atomic E-state index is -1.76. The number of rotatable bonds is 3. The predicted molar refractivity (Wildman–Crippen MR) is 63.9 cm³/mol. The zero-order chi connectivity index (χ0) is 13.4. The average molecular weight is 240 g/mol. The van der Waals surface area contributed by atoms with E-state index in [2.05, 4.69) is 5.10 Å². The number of carboxylic acids is 1. The van der Waals surface area contributed by atoms with Crippen molar-refractivity contribution in [1.82, 2.24) is 9.78 Å². The number of aliphatic hydroxyl groups is 1. The fourth-order valence-electron chi connectivity index (χ4n) is 1.47. The molecule has 0 radical (unpaired) electrons. The van der Waals surface area contributed by atoms with E-state index in [0.717, 1.165) is 5.69 Å². The van der Waals surface area contributed by atoms with Crippen LogP contribution in [0.1, 0.15) is 39.1 Å². The minimum Gasteiger partial charge on any atom is -0.479 e. The number of aryl methyl sites for hydroxylation is 1. The van der Waals surface area contributed by atoms with Gasteiger partial charge in [0.1, 0.15) is 0 Å². The first-order chi connectivity index (χ1) is 7.54. The molecule has 0 bridgehead atoms. The Labute approximate surface area is 101 Å². The summed E-state index contributed by atoms with van der Waals surface area (Å²) in [4.78, 5) is 10.9. The summed E-state index contributed by atoms with van der Waals surface area (Å²) in [6, 6.07) is 1.84. The molecule has 1 atom stereocenters. The van der Waals surface area contributed by atoms with E-state index in [9.17, 15) is 9.90 Å². The van der Waals surface area contributed by atoms with Gasteiger partial charge in [-0.05, 0) is 13.0 Å². The third-order valence-corrected chi connectivity index (χ3v) is 2.73. The highest BCUT2D eigenvalue weighted by Gasteiger charge is 2.32. The predicted octanol–water partition coefficient (Wildman–Crippen LogP) is 1.10. The normalized spacial score (nSPS) is 15.6. The Morgan fingerprint density at radius 3 is 2.29 bits per heavy atom. The molecule has 17 heavy (non-hydrogen) atoms. The number of nitrogens with zero attached hydrogens (tertiary/aromatic N) is 2. The summed E-state index contributed by atoms with van der Waals surface area (Å²) in [5.74, 6) is -1.23. The molecule has 0 fully saturated rings. The fraction of sp³-hybridized carbons (Fsp3) is 0.667. The van der Waals surface area contributed by atoms with Crippen molar-refractivity contribution in [3.63, 3.8) is 0 Å². The fourth-order valence-corrected chi connectivity index (χ4v) is 1.47. The van der Waals surface area contributed by atoms with Gasteiger partial charge < -0.3 is 10.2 Å². The summed E-state index contributed by atoms with van der Waals surface area (Å²) < 4.78 is 1.62. The van der Waals surface area contributed by atoms with Crippen molar-refractivity contribution in [2.24, 2.45) is 7.05 Å². The van der Waals surface area contributed by atoms with Crippen molar-refractivity contribution in [1.29, 1.82) is 0 Å². The van der Waals surface area contributed by atoms with Gasteiger partial charge in [-0.3, -0.25) is 4.68 Å². The molecule has 1 unspecified atom stereocenters. The smallest absolute Gasteiger partial charge is 0.335 e. The van der Waals surface area contributed by atoms with Crippen LogP contribution in [0.4, 0.5) is 0 Å². The van der Waals surface area contributed by atoms with E-state index in [1.165, 1.54) is 6.92 Å². The number of carbonyl (C=O) groups is 1. The highest BCUT2D eigenvalue weighted by molar-refractivity contribution is 5.76. The van der Waals surface area contributed by atoms with Crippen LogP contribution in [0.5, 0.6) is 0 Å². The number of hydrogen-bond acceptors (Lipinski definition) is 3. The molecule has 0 amide bonds. The van der Waals surface area contributed by atoms with Crippen LogP contribution in [0.25, 0.3) is 0 Å². The van der Waals surface area contributed by atoms with Crippen LogP contribution in [0.2, 0.25) is 0 Å². The quantitative estimate of drug-likeness (QED) is 0.829. The van der Waals surface area contributed by atoms with Crippen LogP contribution in [0, 0.1) is 0 Å². The van der Waals surface area contributed by atoms with Crippen molar-refractivity contribution in [3.05, 3.63) is 17.5 Å². The molecule has 0 aliphatic heterocycles. The Kier molecular flexibility index (Phi) is 3.34. The molecule has 0 aromatic carbocycles. The summed E-state index contributed by atoms with van der Waals surface area (Å²) in [5.41, 5.74) is -0.257. The summed E-state index contributed by atoms with van der Waals surface area (Å²) in [7, 11) is 1.75. The van der Waals surface area contributed by atoms with Gasteiger partial charge in [-0.2, -0.15) is 5.10 Å². The second kappa shape index (κ2) is 4.14. The Morgan fingerprint density at radius 1 is 1.41 bits per heavy atom. The van der Waals surface area contributed by atoms with Crippen molar-refractivity contribution in [2.45, 2.75) is 45.1 Å². The molecular weight excluding hydrogens is 220 g/mol. The van der Waals surface area contributed by atoms with E-state index < -0.39 is 11.6 Å². The number of carboxylic acid groups (broad SMARTS) is 1. The van der Waals surface area contributed by atoms with E-state index in [4.69, 9.17) is 5.11 Å². The summed E-state index contributed by atoms with van der Waals surface area (Å²) >= 11 is 0. The number of aromatic nitrogens is 2. The zero-order valence-corrected chi connectivity index (χ0v) is 11.0. The Bertz CT molecular complexity index is 427. The molecule has 1 aromatic heterocycles. The molecule has 2 N–H and O–H groups in total. The van der Waals surface area contributed by atoms with E-state index in [1.54, 1.807) is 11.7 Å². The van der Waals surface area contributed by atoms with Crippen molar-refractivity contribution < 1.29 is 15.0 Å². The second-order valence-electron chi connectivity index (χ2n) is 5.65. The number of aliphatic carboxylic acids is 1. The van der Waals surface area contributed by atoms with Crippen LogP contribution in [0.15, 0.2) is 6.07 Å². The monoisotopic (exact) mass is 240 g/mol. The lowest BCUT2D eigenvalue weighted by Crippen LogP contribution is -2.37. The van der Waals surface area contributed by atoms with E-state index in [1.807, 2.05) is 26.8 Å². The highest BCUT2D eigenvalue weighted by atomic mass is 16.4. The molecule has 0 spiro atoms. The highest BCUT2D eigenvalue weighted by Crippen LogP contribution is 2.23. The molecular formula is C12H20N2O3. The lowest BCUT2D eigenvalue weighted by atomic mass is 9.91. The topological polar surface area (TPSA) is 75.3 Å². The zero-order valence-electron chi connectivity index (χ0n) is 11.0. The van der Waals surface area contributed by atoms with Gasteiger partial charge in [0.25, 0.3) is 0 Å². The Morgan fingerprint density at radius 2 is 1.94 bits per heavy atom. The van der Waals surface area contributed by atoms with E-state index in [-0.39, 0.29) is 11.8 Å². The molecule has 0 saturated heterocycles. The molecule has 0 saturated carbocycles. The van der Waals surface area contributed by atoms with E-state index in [0.29, 0.717) is 5.69 Å². The van der Waals surface area contributed by atoms with Crippen LogP contribution in [0.3, 0.4) is 0 Å². The van der Waals surface area contributed by atoms with Gasteiger partial charge in [0.15, 0.2) is 5.60 Å². The average Bonchev–Trinajstić information content (AvgIpc) is 2.46. The van der Waals surface area contributed by atoms with Crippen molar-refractivity contribution >= 4 is 5.97 Å². The van der Waals surface area contributed by atoms with Gasteiger partial charge in [0, 0.05) is 24.6 Å². The van der Waals surface area contributed by atoms with Gasteiger partial charge in [-0.1, -0.05) is 20.8 Å². The molecule has 1 rings (SSSR count). The third kappa shape index (κ3) is 3.06. The molecule has 0 aliphatic carbocycles. The SMILES string of the molecule is Cn1nc(C(C)(C)C)cc1CC(C)(O)C(=O)O. The molecule has 0 aliphatic rings. The lowest BCUT2D eigenvalue weighted by molar-refractivity contribution is -0.156. The Balaban J connectivity index is 3.02. The summed E-state index contributed by atoms with van der Waals surface area (Å²) in [5, 5.41) is 23.0. The van der Waals surface area contributed by atoms with Crippen LogP contribution in [-0.2, 0) is 23.7 Å². The molecule has 96 valence electrons. The third-order valence-electron chi connectivity index (χ3n) is 2.73. The Hall–Kier alpha value is -1.36. The maximum atomic E-state index is 10.9.